The third-order valence-electron chi connectivity index (χ3n) is 4.06. The fraction of sp³-hybridized carbons (Fsp3) is 0.571. The van der Waals surface area contributed by atoms with E-state index in [-0.39, 0.29) is 10.6 Å². The number of piperidine rings is 1. The quantitative estimate of drug-likeness (QED) is 0.634. The highest BCUT2D eigenvalue weighted by Gasteiger charge is 2.39. The summed E-state index contributed by atoms with van der Waals surface area (Å²) in [6.45, 7) is 3.42. The van der Waals surface area contributed by atoms with Crippen molar-refractivity contribution >= 4 is 17.3 Å². The van der Waals surface area contributed by atoms with Gasteiger partial charge in [-0.15, -0.1) is 0 Å². The van der Waals surface area contributed by atoms with E-state index in [4.69, 9.17) is 21.1 Å². The monoisotopic (exact) mass is 312 g/mol. The minimum atomic E-state index is -0.420. The first kappa shape index (κ1) is 14.7. The van der Waals surface area contributed by atoms with Gasteiger partial charge >= 0.3 is 0 Å². The molecule has 0 N–H and O–H groups in total. The number of nitro groups is 1. The van der Waals surface area contributed by atoms with Crippen LogP contribution in [0.1, 0.15) is 18.4 Å². The number of hydrogen-bond acceptors (Lipinski definition) is 5. The van der Waals surface area contributed by atoms with Crippen LogP contribution in [0.25, 0.3) is 0 Å². The van der Waals surface area contributed by atoms with Crippen LogP contribution in [0.2, 0.25) is 5.02 Å². The van der Waals surface area contributed by atoms with Gasteiger partial charge in [0.05, 0.1) is 18.1 Å². The maximum atomic E-state index is 11.1. The Morgan fingerprint density at radius 2 is 1.95 bits per heavy atom. The van der Waals surface area contributed by atoms with Gasteiger partial charge in [0.25, 0.3) is 5.69 Å². The Labute approximate surface area is 127 Å². The van der Waals surface area contributed by atoms with Gasteiger partial charge in [-0.1, -0.05) is 11.6 Å². The lowest BCUT2D eigenvalue weighted by atomic mass is 10.0. The molecule has 0 amide bonds. The van der Waals surface area contributed by atoms with E-state index in [1.165, 1.54) is 6.07 Å². The van der Waals surface area contributed by atoms with Crippen molar-refractivity contribution < 1.29 is 14.4 Å². The maximum absolute atomic E-state index is 11.1. The Kier molecular flexibility index (Phi) is 4.12. The Balaban J connectivity index is 1.68. The molecule has 7 heteroatoms. The minimum absolute atomic E-state index is 0.119. The van der Waals surface area contributed by atoms with Crippen LogP contribution in [-0.2, 0) is 16.0 Å². The van der Waals surface area contributed by atoms with E-state index in [1.807, 2.05) is 0 Å². The van der Waals surface area contributed by atoms with Crippen molar-refractivity contribution in [2.45, 2.75) is 25.2 Å². The Bertz CT molecular complexity index is 536. The van der Waals surface area contributed by atoms with Crippen LogP contribution in [0.4, 0.5) is 5.69 Å². The van der Waals surface area contributed by atoms with Crippen LogP contribution in [-0.4, -0.2) is 41.9 Å². The van der Waals surface area contributed by atoms with Crippen LogP contribution < -0.4 is 0 Å². The molecule has 0 bridgehead atoms. The predicted octanol–water partition coefficient (Wildman–Crippen LogP) is 2.59. The summed E-state index contributed by atoms with van der Waals surface area (Å²) in [6.07, 6.45) is 1.59. The summed E-state index contributed by atoms with van der Waals surface area (Å²) in [6, 6.07) is 4.69. The molecule has 0 aliphatic carbocycles. The van der Waals surface area contributed by atoms with Gasteiger partial charge in [-0.05, 0) is 12.1 Å². The standard InChI is InChI=1S/C14H17ClN2O4/c15-12-1-2-13(17(18)19)11(9-12)10-16-5-3-14(4-6-16)20-7-8-21-14/h1-2,9H,3-8,10H2. The van der Waals surface area contributed by atoms with Crippen LogP contribution in [0.3, 0.4) is 0 Å². The number of halogens is 1. The van der Waals surface area contributed by atoms with Crippen molar-refractivity contribution in [3.05, 3.63) is 38.9 Å². The number of rotatable bonds is 3. The van der Waals surface area contributed by atoms with Crippen molar-refractivity contribution in [1.82, 2.24) is 4.90 Å². The van der Waals surface area contributed by atoms with Gasteiger partial charge in [-0.25, -0.2) is 0 Å². The predicted molar refractivity (Wildman–Crippen MR) is 77.3 cm³/mol. The molecule has 3 rings (SSSR count). The highest BCUT2D eigenvalue weighted by Crippen LogP contribution is 2.32. The summed E-state index contributed by atoms with van der Waals surface area (Å²) in [7, 11) is 0. The second-order valence-corrected chi connectivity index (χ2v) is 5.85. The minimum Gasteiger partial charge on any atom is -0.347 e. The topological polar surface area (TPSA) is 64.8 Å². The molecule has 21 heavy (non-hydrogen) atoms. The molecular weight excluding hydrogens is 296 g/mol. The third-order valence-corrected chi connectivity index (χ3v) is 4.30. The highest BCUT2D eigenvalue weighted by atomic mass is 35.5. The lowest BCUT2D eigenvalue weighted by Crippen LogP contribution is -2.44. The van der Waals surface area contributed by atoms with Crippen molar-refractivity contribution in [3.8, 4) is 0 Å². The number of ether oxygens (including phenoxy) is 2. The zero-order chi connectivity index (χ0) is 14.9. The molecule has 2 fully saturated rings. The van der Waals surface area contributed by atoms with Crippen molar-refractivity contribution in [3.63, 3.8) is 0 Å². The average molecular weight is 313 g/mol. The molecule has 1 aromatic carbocycles. The zero-order valence-electron chi connectivity index (χ0n) is 11.6. The summed E-state index contributed by atoms with van der Waals surface area (Å²) in [5, 5.41) is 11.6. The maximum Gasteiger partial charge on any atom is 0.273 e. The van der Waals surface area contributed by atoms with E-state index >= 15 is 0 Å². The van der Waals surface area contributed by atoms with Gasteiger partial charge in [-0.3, -0.25) is 15.0 Å². The molecule has 0 saturated carbocycles. The van der Waals surface area contributed by atoms with Gasteiger partial charge in [0.15, 0.2) is 5.79 Å². The SMILES string of the molecule is O=[N+]([O-])c1ccc(Cl)cc1CN1CCC2(CC1)OCCO2. The molecule has 6 nitrogen and oxygen atoms in total. The van der Waals surface area contributed by atoms with Crippen LogP contribution in [0, 0.1) is 10.1 Å². The molecule has 1 spiro atoms. The van der Waals surface area contributed by atoms with E-state index in [2.05, 4.69) is 4.90 Å². The first-order valence-corrected chi connectivity index (χ1v) is 7.39. The summed E-state index contributed by atoms with van der Waals surface area (Å²) >= 11 is 5.96. The van der Waals surface area contributed by atoms with Crippen molar-refractivity contribution in [1.29, 1.82) is 0 Å². The summed E-state index contributed by atoms with van der Waals surface area (Å²) in [5.41, 5.74) is 0.768. The van der Waals surface area contributed by atoms with Crippen molar-refractivity contribution in [2.75, 3.05) is 26.3 Å². The first-order chi connectivity index (χ1) is 10.1. The summed E-state index contributed by atoms with van der Waals surface area (Å²) in [4.78, 5) is 12.9. The number of hydrogen-bond donors (Lipinski definition) is 0. The first-order valence-electron chi connectivity index (χ1n) is 7.01. The summed E-state index contributed by atoms with van der Waals surface area (Å²) in [5.74, 6) is -0.420. The lowest BCUT2D eigenvalue weighted by Gasteiger charge is -2.37. The fourth-order valence-corrected chi connectivity index (χ4v) is 3.13. The zero-order valence-corrected chi connectivity index (χ0v) is 12.3. The van der Waals surface area contributed by atoms with Gasteiger partial charge in [-0.2, -0.15) is 0 Å². The molecular formula is C14H17ClN2O4. The van der Waals surface area contributed by atoms with Crippen LogP contribution in [0.5, 0.6) is 0 Å². The van der Waals surface area contributed by atoms with E-state index in [0.29, 0.717) is 30.3 Å². The van der Waals surface area contributed by atoms with E-state index < -0.39 is 5.79 Å². The van der Waals surface area contributed by atoms with E-state index in [1.54, 1.807) is 12.1 Å². The molecule has 2 aliphatic rings. The molecule has 0 unspecified atom stereocenters. The molecule has 2 heterocycles. The number of nitrogens with zero attached hydrogens (tertiary/aromatic N) is 2. The second-order valence-electron chi connectivity index (χ2n) is 5.41. The second kappa shape index (κ2) is 5.88. The lowest BCUT2D eigenvalue weighted by molar-refractivity contribution is -0.385. The highest BCUT2D eigenvalue weighted by molar-refractivity contribution is 6.30. The Morgan fingerprint density at radius 3 is 2.57 bits per heavy atom. The smallest absolute Gasteiger partial charge is 0.273 e. The molecule has 2 saturated heterocycles. The molecule has 2 aliphatic heterocycles. The van der Waals surface area contributed by atoms with E-state index in [0.717, 1.165) is 25.9 Å². The van der Waals surface area contributed by atoms with Gasteiger partial charge in [0, 0.05) is 49.1 Å². The van der Waals surface area contributed by atoms with Crippen LogP contribution in [0.15, 0.2) is 18.2 Å². The molecule has 0 atom stereocenters. The van der Waals surface area contributed by atoms with Crippen LogP contribution >= 0.6 is 11.6 Å². The van der Waals surface area contributed by atoms with Gasteiger partial charge in [0.1, 0.15) is 0 Å². The number of likely N-dealkylation sites (tertiary alicyclic amines) is 1. The van der Waals surface area contributed by atoms with Gasteiger partial charge in [0.2, 0.25) is 0 Å². The number of nitro benzene ring substituents is 1. The van der Waals surface area contributed by atoms with Gasteiger partial charge < -0.3 is 9.47 Å². The molecule has 1 aromatic rings. The number of benzene rings is 1. The summed E-state index contributed by atoms with van der Waals surface area (Å²) < 4.78 is 11.4. The third kappa shape index (κ3) is 3.18. The molecule has 0 radical (unpaired) electrons. The Hall–Kier alpha value is -1.21. The Morgan fingerprint density at radius 1 is 1.29 bits per heavy atom. The van der Waals surface area contributed by atoms with E-state index in [9.17, 15) is 10.1 Å². The molecule has 0 aromatic heterocycles. The molecule has 114 valence electrons. The fourth-order valence-electron chi connectivity index (χ4n) is 2.94. The normalized spacial score (nSPS) is 21.8. The largest absolute Gasteiger partial charge is 0.347 e. The van der Waals surface area contributed by atoms with Crippen molar-refractivity contribution in [2.24, 2.45) is 0 Å². The average Bonchev–Trinajstić information content (AvgIpc) is 2.90.